The summed E-state index contributed by atoms with van der Waals surface area (Å²) in [6, 6.07) is 3.94. The highest BCUT2D eigenvalue weighted by molar-refractivity contribution is 7.11. The van der Waals surface area contributed by atoms with E-state index in [2.05, 4.69) is 17.5 Å². The van der Waals surface area contributed by atoms with Gasteiger partial charge in [0.1, 0.15) is 0 Å². The summed E-state index contributed by atoms with van der Waals surface area (Å²) in [6.07, 6.45) is 12.3. The van der Waals surface area contributed by atoms with E-state index in [1.165, 1.54) is 38.5 Å². The van der Waals surface area contributed by atoms with Gasteiger partial charge in [0.2, 0.25) is 5.91 Å². The molecule has 3 nitrogen and oxygen atoms in total. The molecule has 0 aliphatic heterocycles. The molecule has 0 unspecified atom stereocenters. The molecule has 1 heterocycles. The van der Waals surface area contributed by atoms with Gasteiger partial charge in [-0.25, -0.2) is 5.43 Å². The van der Waals surface area contributed by atoms with Crippen LogP contribution in [0.3, 0.4) is 0 Å². The Labute approximate surface area is 126 Å². The molecule has 4 heteroatoms. The predicted molar refractivity (Wildman–Crippen MR) is 87.3 cm³/mol. The van der Waals surface area contributed by atoms with Gasteiger partial charge >= 0.3 is 0 Å². The molecule has 0 spiro atoms. The summed E-state index contributed by atoms with van der Waals surface area (Å²) in [7, 11) is 0. The Balaban J connectivity index is 1.92. The quantitative estimate of drug-likeness (QED) is 0.358. The third-order valence-electron chi connectivity index (χ3n) is 3.18. The molecule has 1 N–H and O–H groups in total. The number of hydrazone groups is 1. The zero-order valence-electron chi connectivity index (χ0n) is 12.4. The first-order valence-corrected chi connectivity index (χ1v) is 8.56. The summed E-state index contributed by atoms with van der Waals surface area (Å²) in [4.78, 5) is 12.6. The van der Waals surface area contributed by atoms with Crippen molar-refractivity contribution in [3.63, 3.8) is 0 Å². The van der Waals surface area contributed by atoms with Crippen LogP contribution in [0.4, 0.5) is 0 Å². The largest absolute Gasteiger partial charge is 0.273 e. The smallest absolute Gasteiger partial charge is 0.240 e. The Kier molecular flexibility index (Phi) is 9.84. The maximum absolute atomic E-state index is 11.5. The fourth-order valence-corrected chi connectivity index (χ4v) is 2.59. The van der Waals surface area contributed by atoms with Gasteiger partial charge < -0.3 is 0 Å². The first-order chi connectivity index (χ1) is 9.83. The third-order valence-corrected chi connectivity index (χ3v) is 3.99. The van der Waals surface area contributed by atoms with Gasteiger partial charge in [0.15, 0.2) is 0 Å². The van der Waals surface area contributed by atoms with E-state index < -0.39 is 0 Å². The van der Waals surface area contributed by atoms with E-state index in [1.807, 2.05) is 17.5 Å². The van der Waals surface area contributed by atoms with Crippen molar-refractivity contribution in [2.45, 2.75) is 64.7 Å². The number of amides is 1. The Morgan fingerprint density at radius 1 is 1.20 bits per heavy atom. The van der Waals surface area contributed by atoms with Crippen LogP contribution >= 0.6 is 11.3 Å². The Hall–Kier alpha value is -1.16. The number of rotatable bonds is 11. The highest BCUT2D eigenvalue weighted by Gasteiger charge is 1.99. The van der Waals surface area contributed by atoms with Crippen molar-refractivity contribution >= 4 is 23.5 Å². The molecule has 0 aliphatic rings. The number of unbranched alkanes of at least 4 members (excludes halogenated alkanes) is 7. The zero-order valence-corrected chi connectivity index (χ0v) is 13.3. The topological polar surface area (TPSA) is 41.5 Å². The highest BCUT2D eigenvalue weighted by Crippen LogP contribution is 2.09. The van der Waals surface area contributed by atoms with E-state index in [0.29, 0.717) is 6.42 Å². The summed E-state index contributed by atoms with van der Waals surface area (Å²) in [5, 5.41) is 5.94. The van der Waals surface area contributed by atoms with E-state index in [0.717, 1.165) is 17.7 Å². The van der Waals surface area contributed by atoms with Crippen LogP contribution in [0.2, 0.25) is 0 Å². The standard InChI is InChI=1S/C16H26N2OS/c1-2-3-4-5-6-7-8-9-12-16(19)18-17-14-15-11-10-13-20-15/h10-11,13-14H,2-9,12H2,1H3,(H,18,19)/b17-14-. The van der Waals surface area contributed by atoms with Crippen LogP contribution in [0.25, 0.3) is 0 Å². The van der Waals surface area contributed by atoms with Gasteiger partial charge in [-0.3, -0.25) is 4.79 Å². The normalized spacial score (nSPS) is 11.1. The van der Waals surface area contributed by atoms with Crippen LogP contribution in [0, 0.1) is 0 Å². The molecule has 1 amide bonds. The Bertz CT molecular complexity index is 374. The number of nitrogens with zero attached hydrogens (tertiary/aromatic N) is 1. The van der Waals surface area contributed by atoms with Crippen LogP contribution < -0.4 is 5.43 Å². The minimum atomic E-state index is 0.0174. The second-order valence-corrected chi connectivity index (χ2v) is 6.01. The van der Waals surface area contributed by atoms with Crippen LogP contribution in [-0.2, 0) is 4.79 Å². The van der Waals surface area contributed by atoms with Gasteiger partial charge in [-0.05, 0) is 17.9 Å². The molecule has 0 atom stereocenters. The molecule has 0 aromatic carbocycles. The van der Waals surface area contributed by atoms with Gasteiger partial charge in [0.05, 0.1) is 6.21 Å². The number of thiophene rings is 1. The van der Waals surface area contributed by atoms with E-state index in [1.54, 1.807) is 17.6 Å². The first kappa shape index (κ1) is 16.9. The minimum absolute atomic E-state index is 0.0174. The van der Waals surface area contributed by atoms with Gasteiger partial charge in [-0.15, -0.1) is 11.3 Å². The first-order valence-electron chi connectivity index (χ1n) is 7.68. The number of nitrogens with one attached hydrogen (secondary N) is 1. The summed E-state index contributed by atoms with van der Waals surface area (Å²) >= 11 is 1.61. The molecule has 0 saturated carbocycles. The number of carbonyl (C=O) groups excluding carboxylic acids is 1. The van der Waals surface area contributed by atoms with E-state index in [-0.39, 0.29) is 5.91 Å². The zero-order chi connectivity index (χ0) is 14.5. The van der Waals surface area contributed by atoms with Crippen molar-refractivity contribution in [2.24, 2.45) is 5.10 Å². The molecule has 1 aromatic rings. The van der Waals surface area contributed by atoms with Crippen LogP contribution in [0.1, 0.15) is 69.6 Å². The van der Waals surface area contributed by atoms with Gasteiger partial charge in [0.25, 0.3) is 0 Å². The molecular formula is C16H26N2OS. The van der Waals surface area contributed by atoms with E-state index in [4.69, 9.17) is 0 Å². The lowest BCUT2D eigenvalue weighted by molar-refractivity contribution is -0.121. The summed E-state index contributed by atoms with van der Waals surface area (Å²) in [5.41, 5.74) is 2.58. The fraction of sp³-hybridized carbons (Fsp3) is 0.625. The highest BCUT2D eigenvalue weighted by atomic mass is 32.1. The maximum Gasteiger partial charge on any atom is 0.240 e. The van der Waals surface area contributed by atoms with Gasteiger partial charge in [0, 0.05) is 11.3 Å². The molecule has 20 heavy (non-hydrogen) atoms. The lowest BCUT2D eigenvalue weighted by Crippen LogP contribution is -2.16. The second kappa shape index (κ2) is 11.6. The summed E-state index contributed by atoms with van der Waals surface area (Å²) in [6.45, 7) is 2.24. The maximum atomic E-state index is 11.5. The molecular weight excluding hydrogens is 268 g/mol. The predicted octanol–water partition coefficient (Wildman–Crippen LogP) is 4.73. The average molecular weight is 294 g/mol. The van der Waals surface area contributed by atoms with Crippen LogP contribution in [0.15, 0.2) is 22.6 Å². The monoisotopic (exact) mass is 294 g/mol. The lowest BCUT2D eigenvalue weighted by Gasteiger charge is -2.01. The van der Waals surface area contributed by atoms with Gasteiger partial charge in [-0.1, -0.05) is 57.9 Å². The van der Waals surface area contributed by atoms with Crippen molar-refractivity contribution in [1.29, 1.82) is 0 Å². The average Bonchev–Trinajstić information content (AvgIpc) is 2.95. The van der Waals surface area contributed by atoms with Crippen molar-refractivity contribution in [3.05, 3.63) is 22.4 Å². The fourth-order valence-electron chi connectivity index (χ4n) is 2.01. The molecule has 1 aromatic heterocycles. The molecule has 112 valence electrons. The number of hydrogen-bond donors (Lipinski definition) is 1. The summed E-state index contributed by atoms with van der Waals surface area (Å²) in [5.74, 6) is 0.0174. The number of hydrogen-bond acceptors (Lipinski definition) is 3. The second-order valence-electron chi connectivity index (χ2n) is 5.03. The minimum Gasteiger partial charge on any atom is -0.273 e. The molecule has 0 bridgehead atoms. The Morgan fingerprint density at radius 3 is 2.55 bits per heavy atom. The Morgan fingerprint density at radius 2 is 1.90 bits per heavy atom. The molecule has 0 aliphatic carbocycles. The molecule has 0 fully saturated rings. The molecule has 1 rings (SSSR count). The third kappa shape index (κ3) is 8.86. The van der Waals surface area contributed by atoms with Crippen LogP contribution in [0.5, 0.6) is 0 Å². The molecule has 0 saturated heterocycles. The van der Waals surface area contributed by atoms with Gasteiger partial charge in [-0.2, -0.15) is 5.10 Å². The van der Waals surface area contributed by atoms with Crippen molar-refractivity contribution in [1.82, 2.24) is 5.43 Å². The van der Waals surface area contributed by atoms with E-state index >= 15 is 0 Å². The van der Waals surface area contributed by atoms with Crippen molar-refractivity contribution in [3.8, 4) is 0 Å². The van der Waals surface area contributed by atoms with E-state index in [9.17, 15) is 4.79 Å². The number of carbonyl (C=O) groups is 1. The lowest BCUT2D eigenvalue weighted by atomic mass is 10.1. The SMILES string of the molecule is CCCCCCCCCCC(=O)N/N=C\c1cccs1. The van der Waals surface area contributed by atoms with Crippen molar-refractivity contribution < 1.29 is 4.79 Å². The molecule has 0 radical (unpaired) electrons. The summed E-state index contributed by atoms with van der Waals surface area (Å²) < 4.78 is 0. The van der Waals surface area contributed by atoms with Crippen LogP contribution in [-0.4, -0.2) is 12.1 Å². The van der Waals surface area contributed by atoms with Crippen molar-refractivity contribution in [2.75, 3.05) is 0 Å².